The molecule has 4 aliphatic carbocycles. The summed E-state index contributed by atoms with van der Waals surface area (Å²) in [5, 5.41) is 3.57. The van der Waals surface area contributed by atoms with Crippen LogP contribution in [0.15, 0.2) is 115 Å². The van der Waals surface area contributed by atoms with Crippen LogP contribution in [0.2, 0.25) is 0 Å². The van der Waals surface area contributed by atoms with Crippen molar-refractivity contribution < 1.29 is 19.3 Å². The third-order valence-corrected chi connectivity index (χ3v) is 19.3. The number of rotatable bonds is 11. The second-order valence-electron chi connectivity index (χ2n) is 17.8. The molecule has 1 saturated heterocycles. The lowest BCUT2D eigenvalue weighted by Crippen LogP contribution is -2.73. The maximum absolute atomic E-state index is 14.4. The Morgan fingerprint density at radius 2 is 1.42 bits per heavy atom. The molecule has 2 aliphatic heterocycles. The predicted molar refractivity (Wildman–Crippen MR) is 218 cm³/mol. The molecule has 2 spiro atoms. The Hall–Kier alpha value is -3.04. The number of hydrogen-bond acceptors (Lipinski definition) is 4. The molecule has 10 atom stereocenters. The summed E-state index contributed by atoms with van der Waals surface area (Å²) in [6.07, 6.45) is 19.6. The van der Waals surface area contributed by atoms with E-state index in [9.17, 15) is 4.79 Å². The quantitative estimate of drug-likeness (QED) is 0.0853. The van der Waals surface area contributed by atoms with E-state index in [0.717, 1.165) is 19.3 Å². The molecule has 53 heavy (non-hydrogen) atoms. The third-order valence-electron chi connectivity index (χ3n) is 15.0. The van der Waals surface area contributed by atoms with Gasteiger partial charge in [0, 0.05) is 23.7 Å². The van der Waals surface area contributed by atoms with E-state index >= 15 is 0 Å². The first-order chi connectivity index (χ1) is 25.6. The Morgan fingerprint density at radius 3 is 1.98 bits per heavy atom. The van der Waals surface area contributed by atoms with Gasteiger partial charge in [0.05, 0.1) is 0 Å². The van der Waals surface area contributed by atoms with Gasteiger partial charge in [0.1, 0.15) is 40.5 Å². The second kappa shape index (κ2) is 14.2. The van der Waals surface area contributed by atoms with E-state index in [1.165, 1.54) is 48.0 Å². The number of carbonyl (C=O) groups is 1. The fourth-order valence-electron chi connectivity index (χ4n) is 12.3. The molecule has 0 N–H and O–H groups in total. The minimum atomic E-state index is -2.35. The molecule has 0 amide bonds. The van der Waals surface area contributed by atoms with Crippen LogP contribution in [0.3, 0.4) is 0 Å². The molecule has 2 bridgehead atoms. The Labute approximate surface area is 319 Å². The summed E-state index contributed by atoms with van der Waals surface area (Å²) in [6, 6.07) is 31.8. The number of allylic oxidation sites excluding steroid dienone is 2. The standard InChI is InChI=1S/C48H60O4P/c1-6-16-35(2)23-24-36(3)41-25-26-42-45(41,4)29-28-43-46(5)30-27-37(33-47(46)31-32-48(42,43)52-51-47)50-44(49)34-53(38-17-10-7-11-18-38,39-19-12-8-13-20-39)40-21-14-9-15-22-40/h7-15,17-24,31-32,35-37,41-43H,6,16,25-30,33-34H2,1-5H3/q+1/b24-23+/t35-,36-,37+,41-,42-,43-,45-,46-,47-,48+/m1/s1. The van der Waals surface area contributed by atoms with E-state index in [0.29, 0.717) is 42.2 Å². The van der Waals surface area contributed by atoms with Gasteiger partial charge in [-0.3, -0.25) is 0 Å². The van der Waals surface area contributed by atoms with Crippen molar-refractivity contribution in [3.8, 4) is 0 Å². The minimum Gasteiger partial charge on any atom is -0.460 e. The van der Waals surface area contributed by atoms with Gasteiger partial charge in [-0.1, -0.05) is 114 Å². The molecule has 0 unspecified atom stereocenters. The first-order valence-electron chi connectivity index (χ1n) is 20.6. The highest BCUT2D eigenvalue weighted by molar-refractivity contribution is 7.96. The normalized spacial score (nSPS) is 35.6. The summed E-state index contributed by atoms with van der Waals surface area (Å²) in [5.74, 6) is 2.55. The summed E-state index contributed by atoms with van der Waals surface area (Å²) >= 11 is 0. The van der Waals surface area contributed by atoms with Crippen molar-refractivity contribution in [3.05, 3.63) is 115 Å². The van der Waals surface area contributed by atoms with E-state index in [2.05, 4.69) is 150 Å². The van der Waals surface area contributed by atoms with Gasteiger partial charge >= 0.3 is 5.97 Å². The summed E-state index contributed by atoms with van der Waals surface area (Å²) < 4.78 is 6.58. The van der Waals surface area contributed by atoms with Gasteiger partial charge in [0.2, 0.25) is 0 Å². The topological polar surface area (TPSA) is 44.8 Å². The number of hydrogen-bond donors (Lipinski definition) is 0. The highest BCUT2D eigenvalue weighted by atomic mass is 31.2. The molecule has 280 valence electrons. The van der Waals surface area contributed by atoms with Crippen molar-refractivity contribution in [1.82, 2.24) is 0 Å². The maximum atomic E-state index is 14.4. The van der Waals surface area contributed by atoms with Gasteiger partial charge in [0.15, 0.2) is 6.16 Å². The van der Waals surface area contributed by atoms with Crippen LogP contribution in [0.1, 0.15) is 92.4 Å². The Bertz CT molecular complexity index is 1710. The second-order valence-corrected chi connectivity index (χ2v) is 21.3. The van der Waals surface area contributed by atoms with Crippen molar-refractivity contribution >= 4 is 29.1 Å². The molecule has 4 nitrogen and oxygen atoms in total. The van der Waals surface area contributed by atoms with Crippen LogP contribution in [0, 0.1) is 40.4 Å². The largest absolute Gasteiger partial charge is 0.460 e. The van der Waals surface area contributed by atoms with E-state index in [-0.39, 0.29) is 28.5 Å². The van der Waals surface area contributed by atoms with Crippen LogP contribution in [0.5, 0.6) is 0 Å². The summed E-state index contributed by atoms with van der Waals surface area (Å²) in [4.78, 5) is 27.9. The zero-order valence-electron chi connectivity index (χ0n) is 32.6. The van der Waals surface area contributed by atoms with Crippen molar-refractivity contribution in [3.63, 3.8) is 0 Å². The molecule has 5 heteroatoms. The van der Waals surface area contributed by atoms with Crippen LogP contribution in [-0.4, -0.2) is 29.4 Å². The highest BCUT2D eigenvalue weighted by Gasteiger charge is 2.74. The van der Waals surface area contributed by atoms with Gasteiger partial charge in [0.25, 0.3) is 0 Å². The van der Waals surface area contributed by atoms with Crippen LogP contribution in [-0.2, 0) is 19.3 Å². The fourth-order valence-corrected chi connectivity index (χ4v) is 16.3. The van der Waals surface area contributed by atoms with Crippen LogP contribution in [0.25, 0.3) is 0 Å². The number of fused-ring (bicyclic) bond motifs is 2. The number of esters is 1. The summed E-state index contributed by atoms with van der Waals surface area (Å²) in [6.45, 7) is 12.1. The molecular formula is C48H60O4P+. The average molecular weight is 732 g/mol. The molecule has 4 fully saturated rings. The number of benzene rings is 3. The van der Waals surface area contributed by atoms with Crippen LogP contribution in [0.4, 0.5) is 0 Å². The van der Waals surface area contributed by atoms with Crippen molar-refractivity contribution in [2.24, 2.45) is 40.4 Å². The molecule has 0 aromatic heterocycles. The van der Waals surface area contributed by atoms with E-state index in [4.69, 9.17) is 14.5 Å². The lowest BCUT2D eigenvalue weighted by atomic mass is 9.42. The van der Waals surface area contributed by atoms with Crippen molar-refractivity contribution in [2.45, 2.75) is 110 Å². The highest BCUT2D eigenvalue weighted by Crippen LogP contribution is 2.73. The predicted octanol–water partition coefficient (Wildman–Crippen LogP) is 10.2. The molecule has 3 saturated carbocycles. The van der Waals surface area contributed by atoms with Crippen molar-refractivity contribution in [2.75, 3.05) is 6.16 Å². The molecule has 3 aromatic rings. The average Bonchev–Trinajstić information content (AvgIpc) is 3.55. The van der Waals surface area contributed by atoms with Crippen LogP contribution >= 0.6 is 7.26 Å². The third kappa shape index (κ3) is 5.93. The van der Waals surface area contributed by atoms with E-state index in [1.54, 1.807) is 0 Å². The molecular weight excluding hydrogens is 671 g/mol. The monoisotopic (exact) mass is 731 g/mol. The number of ether oxygens (including phenoxy) is 1. The summed E-state index contributed by atoms with van der Waals surface area (Å²) in [7, 11) is -2.35. The lowest BCUT2D eigenvalue weighted by Gasteiger charge is -2.69. The van der Waals surface area contributed by atoms with Gasteiger partial charge < -0.3 is 4.74 Å². The Balaban J connectivity index is 1.03. The van der Waals surface area contributed by atoms with E-state index < -0.39 is 12.9 Å². The Morgan fingerprint density at radius 1 is 0.792 bits per heavy atom. The molecule has 6 aliphatic rings. The SMILES string of the molecule is CCC[C@@H](C)/C=C/[C@@H](C)[C@H]1CC[C@@H]2[C@]1(C)CC[C@H]1[C@]23C=C[C@]2(C[C@@H](OC(=O)C[P+](c4ccccc4)(c4ccccc4)c4ccccc4)CC[C@]12C)OO3. The molecule has 3 aromatic carbocycles. The molecule has 0 radical (unpaired) electrons. The van der Waals surface area contributed by atoms with Gasteiger partial charge in [-0.25, -0.2) is 14.6 Å². The lowest BCUT2D eigenvalue weighted by molar-refractivity contribution is -0.497. The smallest absolute Gasteiger partial charge is 0.345 e. The Kier molecular flexibility index (Phi) is 9.91. The van der Waals surface area contributed by atoms with Crippen molar-refractivity contribution in [1.29, 1.82) is 0 Å². The zero-order valence-corrected chi connectivity index (χ0v) is 33.5. The summed E-state index contributed by atoms with van der Waals surface area (Å²) in [5.41, 5.74) is -0.831. The minimum absolute atomic E-state index is 0.0711. The van der Waals surface area contributed by atoms with Gasteiger partial charge in [-0.15, -0.1) is 0 Å². The maximum Gasteiger partial charge on any atom is 0.345 e. The van der Waals surface area contributed by atoms with Crippen LogP contribution < -0.4 is 15.9 Å². The molecule has 9 rings (SSSR count). The van der Waals surface area contributed by atoms with Gasteiger partial charge in [-0.05, 0) is 111 Å². The van der Waals surface area contributed by atoms with Gasteiger partial charge in [-0.2, -0.15) is 0 Å². The zero-order chi connectivity index (χ0) is 36.9. The first-order valence-corrected chi connectivity index (χ1v) is 22.6. The first kappa shape index (κ1) is 36.9. The number of carbonyl (C=O) groups excluding carboxylic acids is 1. The molecule has 2 heterocycles. The van der Waals surface area contributed by atoms with E-state index in [1.807, 2.05) is 0 Å². The fraction of sp³-hybridized carbons (Fsp3) is 0.521.